The number of benzene rings is 3. The first-order valence-electron chi connectivity index (χ1n) is 11.7. The third kappa shape index (κ3) is 4.42. The van der Waals surface area contributed by atoms with Crippen molar-refractivity contribution in [1.29, 1.82) is 0 Å². The van der Waals surface area contributed by atoms with Crippen molar-refractivity contribution in [3.05, 3.63) is 100 Å². The van der Waals surface area contributed by atoms with Gasteiger partial charge < -0.3 is 24.5 Å². The highest BCUT2D eigenvalue weighted by molar-refractivity contribution is 6.47. The number of halogens is 1. The minimum atomic E-state index is -0.848. The Bertz CT molecular complexity index is 1540. The molecule has 1 aliphatic heterocycles. The van der Waals surface area contributed by atoms with Crippen molar-refractivity contribution < 1.29 is 24.2 Å². The topological polar surface area (TPSA) is 91.9 Å². The number of ether oxygens (including phenoxy) is 2. The third-order valence-corrected chi connectivity index (χ3v) is 7.02. The van der Waals surface area contributed by atoms with Gasteiger partial charge in [0.05, 0.1) is 25.8 Å². The number of rotatable bonds is 7. The van der Waals surface area contributed by atoms with Crippen LogP contribution in [0.4, 0.5) is 0 Å². The summed E-state index contributed by atoms with van der Waals surface area (Å²) in [5, 5.41) is 12.7. The van der Waals surface area contributed by atoms with Crippen LogP contribution in [0.3, 0.4) is 0 Å². The van der Waals surface area contributed by atoms with Crippen molar-refractivity contribution in [2.75, 3.05) is 20.8 Å². The van der Waals surface area contributed by atoms with Crippen LogP contribution in [-0.4, -0.2) is 47.4 Å². The van der Waals surface area contributed by atoms with Crippen LogP contribution in [0.1, 0.15) is 22.7 Å². The summed E-state index contributed by atoms with van der Waals surface area (Å²) >= 11 is 6.55. The lowest BCUT2D eigenvalue weighted by atomic mass is 9.95. The Morgan fingerprint density at radius 1 is 1.00 bits per heavy atom. The van der Waals surface area contributed by atoms with E-state index in [0.29, 0.717) is 28.3 Å². The van der Waals surface area contributed by atoms with Gasteiger partial charge in [-0.1, -0.05) is 41.9 Å². The molecule has 3 aromatic carbocycles. The normalized spacial score (nSPS) is 16.9. The third-order valence-electron chi connectivity index (χ3n) is 6.68. The average molecular weight is 517 g/mol. The maximum absolute atomic E-state index is 13.3. The smallest absolute Gasteiger partial charge is 0.295 e. The van der Waals surface area contributed by atoms with E-state index in [0.717, 1.165) is 22.2 Å². The molecule has 0 radical (unpaired) electrons. The zero-order valence-corrected chi connectivity index (χ0v) is 21.1. The molecule has 1 amide bonds. The Balaban J connectivity index is 1.57. The predicted molar refractivity (Wildman–Crippen MR) is 142 cm³/mol. The fourth-order valence-corrected chi connectivity index (χ4v) is 5.03. The molecule has 7 nitrogen and oxygen atoms in total. The largest absolute Gasteiger partial charge is 0.507 e. The number of Topliss-reactive ketones (excluding diaryl/α,β-unsaturated/α-hetero) is 1. The Morgan fingerprint density at radius 3 is 2.51 bits per heavy atom. The molecule has 1 atom stereocenters. The molecule has 37 heavy (non-hydrogen) atoms. The number of aliphatic hydroxyl groups excluding tert-OH is 1. The number of carbonyl (C=O) groups is 2. The molecule has 1 fully saturated rings. The van der Waals surface area contributed by atoms with E-state index in [1.807, 2.05) is 24.4 Å². The fourth-order valence-electron chi connectivity index (χ4n) is 4.79. The van der Waals surface area contributed by atoms with E-state index >= 15 is 0 Å². The van der Waals surface area contributed by atoms with Gasteiger partial charge in [-0.15, -0.1) is 0 Å². The molecule has 0 bridgehead atoms. The number of aliphatic hydroxyl groups is 1. The summed E-state index contributed by atoms with van der Waals surface area (Å²) in [6.45, 7) is 0.236. The molecule has 2 heterocycles. The van der Waals surface area contributed by atoms with Crippen molar-refractivity contribution in [1.82, 2.24) is 9.88 Å². The number of fused-ring (bicyclic) bond motifs is 1. The number of aromatic amines is 1. The predicted octanol–water partition coefficient (Wildman–Crippen LogP) is 5.50. The lowest BCUT2D eigenvalue weighted by molar-refractivity contribution is -0.139. The molecule has 2 N–H and O–H groups in total. The zero-order chi connectivity index (χ0) is 26.1. The Kier molecular flexibility index (Phi) is 6.63. The first-order chi connectivity index (χ1) is 17.9. The van der Waals surface area contributed by atoms with Gasteiger partial charge in [-0.25, -0.2) is 0 Å². The van der Waals surface area contributed by atoms with Crippen LogP contribution in [0.15, 0.2) is 78.5 Å². The van der Waals surface area contributed by atoms with Crippen LogP contribution in [0, 0.1) is 0 Å². The lowest BCUT2D eigenvalue weighted by Crippen LogP contribution is -2.31. The second-order valence-electron chi connectivity index (χ2n) is 8.72. The van der Waals surface area contributed by atoms with Crippen LogP contribution in [0.2, 0.25) is 5.02 Å². The van der Waals surface area contributed by atoms with Crippen LogP contribution in [-0.2, 0) is 16.0 Å². The highest BCUT2D eigenvalue weighted by Gasteiger charge is 2.46. The quantitative estimate of drug-likeness (QED) is 0.192. The van der Waals surface area contributed by atoms with Gasteiger partial charge in [-0.3, -0.25) is 9.59 Å². The molecular weight excluding hydrogens is 492 g/mol. The Labute approximate surface area is 218 Å². The summed E-state index contributed by atoms with van der Waals surface area (Å²) < 4.78 is 10.6. The van der Waals surface area contributed by atoms with E-state index in [2.05, 4.69) is 4.98 Å². The van der Waals surface area contributed by atoms with Crippen LogP contribution >= 0.6 is 11.6 Å². The molecule has 0 saturated carbocycles. The van der Waals surface area contributed by atoms with Gasteiger partial charge in [0.2, 0.25) is 0 Å². The number of hydrogen-bond acceptors (Lipinski definition) is 5. The first kappa shape index (κ1) is 24.5. The second kappa shape index (κ2) is 10.0. The molecule has 0 aliphatic carbocycles. The minimum absolute atomic E-state index is 0.00745. The fraction of sp³-hybridized carbons (Fsp3) is 0.172. The number of nitrogens with one attached hydrogen (secondary N) is 1. The average Bonchev–Trinajstić information content (AvgIpc) is 3.44. The maximum atomic E-state index is 13.3. The number of carbonyl (C=O) groups excluding carboxylic acids is 2. The van der Waals surface area contributed by atoms with Crippen molar-refractivity contribution in [2.45, 2.75) is 12.5 Å². The molecule has 4 aromatic rings. The summed E-state index contributed by atoms with van der Waals surface area (Å²) in [6, 6.07) is 18.6. The maximum Gasteiger partial charge on any atom is 0.295 e. The molecule has 8 heteroatoms. The van der Waals surface area contributed by atoms with Gasteiger partial charge in [-0.2, -0.15) is 0 Å². The van der Waals surface area contributed by atoms with Crippen LogP contribution < -0.4 is 9.47 Å². The van der Waals surface area contributed by atoms with E-state index in [9.17, 15) is 14.7 Å². The lowest BCUT2D eigenvalue weighted by Gasteiger charge is -2.26. The van der Waals surface area contributed by atoms with Crippen molar-refractivity contribution in [3.8, 4) is 11.5 Å². The van der Waals surface area contributed by atoms with E-state index in [4.69, 9.17) is 21.1 Å². The van der Waals surface area contributed by atoms with Crippen molar-refractivity contribution >= 4 is 40.0 Å². The summed E-state index contributed by atoms with van der Waals surface area (Å²) in [7, 11) is 3.13. The minimum Gasteiger partial charge on any atom is -0.507 e. The molecule has 1 aromatic heterocycles. The monoisotopic (exact) mass is 516 g/mol. The molecule has 188 valence electrons. The van der Waals surface area contributed by atoms with Crippen LogP contribution in [0.25, 0.3) is 16.7 Å². The molecule has 0 spiro atoms. The van der Waals surface area contributed by atoms with E-state index < -0.39 is 17.7 Å². The molecular formula is C29H25ClN2O5. The van der Waals surface area contributed by atoms with E-state index in [1.54, 1.807) is 55.6 Å². The molecule has 1 unspecified atom stereocenters. The Hall–Kier alpha value is -4.23. The number of methoxy groups -OCH3 is 2. The zero-order valence-electron chi connectivity index (χ0n) is 20.3. The van der Waals surface area contributed by atoms with Gasteiger partial charge in [0, 0.05) is 34.2 Å². The summed E-state index contributed by atoms with van der Waals surface area (Å²) in [6.07, 6.45) is 2.36. The first-order valence-corrected chi connectivity index (χ1v) is 12.1. The summed E-state index contributed by atoms with van der Waals surface area (Å²) in [5.41, 5.74) is 2.85. The van der Waals surface area contributed by atoms with E-state index in [1.165, 1.54) is 12.0 Å². The van der Waals surface area contributed by atoms with Gasteiger partial charge in [0.15, 0.2) is 0 Å². The number of hydrogen-bond donors (Lipinski definition) is 2. The van der Waals surface area contributed by atoms with Gasteiger partial charge in [-0.05, 0) is 53.9 Å². The standard InChI is InChI=1S/C29H25ClN2O5/c1-36-19-7-5-6-17(14-19)27(33)25-26(21-8-3-4-9-23(21)30)32(29(35)28(25)34)13-12-18-16-31-24-11-10-20(37-2)15-22(18)24/h3-11,14-16,26,31,33H,12-13H2,1-2H3/b27-25-. The molecule has 1 aliphatic rings. The van der Waals surface area contributed by atoms with Gasteiger partial charge in [0.25, 0.3) is 11.7 Å². The number of ketones is 1. The van der Waals surface area contributed by atoms with Crippen molar-refractivity contribution in [3.63, 3.8) is 0 Å². The van der Waals surface area contributed by atoms with Gasteiger partial charge in [0.1, 0.15) is 17.3 Å². The highest BCUT2D eigenvalue weighted by Crippen LogP contribution is 2.42. The second-order valence-corrected chi connectivity index (χ2v) is 9.13. The summed E-state index contributed by atoms with van der Waals surface area (Å²) in [4.78, 5) is 31.4. The SMILES string of the molecule is COc1cccc(/C(O)=C2/C(=O)C(=O)N(CCc3c[nH]c4ccc(OC)cc34)C2c2ccccc2Cl)c1. The number of likely N-dealkylation sites (tertiary alicyclic amines) is 1. The Morgan fingerprint density at radius 2 is 1.76 bits per heavy atom. The molecule has 5 rings (SSSR count). The van der Waals surface area contributed by atoms with Gasteiger partial charge >= 0.3 is 0 Å². The number of H-pyrrole nitrogens is 1. The summed E-state index contributed by atoms with van der Waals surface area (Å²) in [5.74, 6) is -0.482. The van der Waals surface area contributed by atoms with Crippen molar-refractivity contribution in [2.24, 2.45) is 0 Å². The number of aromatic nitrogens is 1. The number of amides is 1. The molecule has 1 saturated heterocycles. The van der Waals surface area contributed by atoms with Crippen LogP contribution in [0.5, 0.6) is 11.5 Å². The highest BCUT2D eigenvalue weighted by atomic mass is 35.5. The van der Waals surface area contributed by atoms with E-state index in [-0.39, 0.29) is 17.9 Å². The number of nitrogens with zero attached hydrogens (tertiary/aromatic N) is 1.